The molecule has 8 heteroatoms. The lowest BCUT2D eigenvalue weighted by Crippen LogP contribution is -2.53. The summed E-state index contributed by atoms with van der Waals surface area (Å²) in [6.45, 7) is 13.7. The van der Waals surface area contributed by atoms with Crippen LogP contribution in [0.1, 0.15) is 55.4 Å². The first kappa shape index (κ1) is 24.4. The van der Waals surface area contributed by atoms with E-state index in [1.165, 1.54) is 13.8 Å². The Labute approximate surface area is 167 Å². The van der Waals surface area contributed by atoms with Crippen molar-refractivity contribution in [1.82, 2.24) is 0 Å². The number of carbonyl (C=O) groups excluding carboxylic acids is 3. The Morgan fingerprint density at radius 3 is 2.14 bits per heavy atom. The molecule has 0 saturated carbocycles. The first-order chi connectivity index (χ1) is 12.8. The fourth-order valence-electron chi connectivity index (χ4n) is 2.85. The molecule has 1 fully saturated rings. The fourth-order valence-corrected chi connectivity index (χ4v) is 2.85. The Bertz CT molecular complexity index is 551. The summed E-state index contributed by atoms with van der Waals surface area (Å²) in [5.41, 5.74) is -0.591. The average Bonchev–Trinajstić information content (AvgIpc) is 2.55. The third kappa shape index (κ3) is 7.75. The van der Waals surface area contributed by atoms with Crippen LogP contribution in [0, 0.1) is 17.8 Å². The first-order valence-corrected chi connectivity index (χ1v) is 9.62. The van der Waals surface area contributed by atoms with Crippen molar-refractivity contribution >= 4 is 17.9 Å². The molecule has 162 valence electrons. The fraction of sp³-hybridized carbons (Fsp3) is 0.850. The second-order valence-corrected chi connectivity index (χ2v) is 8.41. The summed E-state index contributed by atoms with van der Waals surface area (Å²) >= 11 is 0. The van der Waals surface area contributed by atoms with E-state index in [2.05, 4.69) is 0 Å². The summed E-state index contributed by atoms with van der Waals surface area (Å²) in [5.74, 6) is -1.89. The number of esters is 3. The van der Waals surface area contributed by atoms with Crippen molar-refractivity contribution in [1.29, 1.82) is 0 Å². The summed E-state index contributed by atoms with van der Waals surface area (Å²) < 4.78 is 27.6. The second kappa shape index (κ2) is 10.2. The highest BCUT2D eigenvalue weighted by Gasteiger charge is 2.44. The zero-order valence-corrected chi connectivity index (χ0v) is 18.1. The van der Waals surface area contributed by atoms with E-state index in [1.54, 1.807) is 27.7 Å². The molecule has 28 heavy (non-hydrogen) atoms. The van der Waals surface area contributed by atoms with Gasteiger partial charge in [-0.1, -0.05) is 13.8 Å². The van der Waals surface area contributed by atoms with Crippen molar-refractivity contribution in [3.8, 4) is 0 Å². The molecule has 0 radical (unpaired) electrons. The van der Waals surface area contributed by atoms with Crippen molar-refractivity contribution in [3.63, 3.8) is 0 Å². The van der Waals surface area contributed by atoms with Gasteiger partial charge in [0.1, 0.15) is 12.2 Å². The minimum Gasteiger partial charge on any atom is -0.463 e. The summed E-state index contributed by atoms with van der Waals surface area (Å²) in [6.07, 6.45) is -1.92. The molecule has 1 rings (SSSR count). The highest BCUT2D eigenvalue weighted by atomic mass is 16.7. The van der Waals surface area contributed by atoms with Gasteiger partial charge in [0.2, 0.25) is 0 Å². The van der Waals surface area contributed by atoms with Crippen molar-refractivity contribution < 1.29 is 38.1 Å². The average molecular weight is 402 g/mol. The number of rotatable bonds is 7. The molecule has 0 aromatic carbocycles. The Hall–Kier alpha value is -1.67. The lowest BCUT2D eigenvalue weighted by atomic mass is 9.83. The molecule has 0 spiro atoms. The monoisotopic (exact) mass is 402 g/mol. The van der Waals surface area contributed by atoms with E-state index < -0.39 is 42.0 Å². The van der Waals surface area contributed by atoms with Gasteiger partial charge in [-0.3, -0.25) is 14.4 Å². The molecular formula is C20H34O8. The molecule has 1 saturated heterocycles. The maximum Gasteiger partial charge on any atom is 0.311 e. The van der Waals surface area contributed by atoms with E-state index in [0.717, 1.165) is 0 Å². The molecule has 0 aliphatic carbocycles. The molecule has 8 nitrogen and oxygen atoms in total. The topological polar surface area (TPSA) is 97.4 Å². The van der Waals surface area contributed by atoms with E-state index in [1.807, 2.05) is 13.8 Å². The van der Waals surface area contributed by atoms with E-state index in [0.29, 0.717) is 0 Å². The van der Waals surface area contributed by atoms with Gasteiger partial charge in [-0.05, 0) is 33.6 Å². The van der Waals surface area contributed by atoms with Gasteiger partial charge < -0.3 is 23.7 Å². The predicted octanol–water partition coefficient (Wildman–Crippen LogP) is 2.47. The van der Waals surface area contributed by atoms with Crippen molar-refractivity contribution in [2.45, 2.75) is 79.5 Å². The zero-order valence-electron chi connectivity index (χ0n) is 18.1. The lowest BCUT2D eigenvalue weighted by Gasteiger charge is -2.43. The van der Waals surface area contributed by atoms with Crippen LogP contribution >= 0.6 is 0 Å². The quantitative estimate of drug-likeness (QED) is 0.473. The number of carbonyl (C=O) groups is 3. The molecule has 0 N–H and O–H groups in total. The third-order valence-corrected chi connectivity index (χ3v) is 4.58. The van der Waals surface area contributed by atoms with Crippen LogP contribution in [-0.2, 0) is 38.1 Å². The lowest BCUT2D eigenvalue weighted by molar-refractivity contribution is -0.282. The van der Waals surface area contributed by atoms with E-state index in [-0.39, 0.29) is 31.0 Å². The largest absolute Gasteiger partial charge is 0.463 e. The predicted molar refractivity (Wildman–Crippen MR) is 100 cm³/mol. The van der Waals surface area contributed by atoms with Crippen LogP contribution in [0.5, 0.6) is 0 Å². The van der Waals surface area contributed by atoms with Crippen LogP contribution in [0.4, 0.5) is 0 Å². The highest BCUT2D eigenvalue weighted by molar-refractivity contribution is 5.72. The number of ether oxygens (including phenoxy) is 5. The van der Waals surface area contributed by atoms with Crippen LogP contribution < -0.4 is 0 Å². The van der Waals surface area contributed by atoms with Crippen LogP contribution in [-0.4, -0.2) is 55.2 Å². The van der Waals surface area contributed by atoms with Crippen LogP contribution in [0.2, 0.25) is 0 Å². The Morgan fingerprint density at radius 2 is 1.64 bits per heavy atom. The Balaban J connectivity index is 2.81. The van der Waals surface area contributed by atoms with Gasteiger partial charge in [0.15, 0.2) is 12.4 Å². The van der Waals surface area contributed by atoms with Crippen LogP contribution in [0.3, 0.4) is 0 Å². The van der Waals surface area contributed by atoms with Gasteiger partial charge in [0.25, 0.3) is 0 Å². The summed E-state index contributed by atoms with van der Waals surface area (Å²) in [4.78, 5) is 34.8. The minimum atomic E-state index is -0.874. The second-order valence-electron chi connectivity index (χ2n) is 8.41. The SMILES string of the molecule is CC(=O)OCC1O[C@H](OCC(C)C(=O)OC(C)(C)C)C(OC(C)=O)[C@@H](C)[C@@H]1C. The maximum absolute atomic E-state index is 12.2. The number of hydrogen-bond acceptors (Lipinski definition) is 8. The molecule has 0 amide bonds. The van der Waals surface area contributed by atoms with Crippen molar-refractivity contribution in [2.75, 3.05) is 13.2 Å². The highest BCUT2D eigenvalue weighted by Crippen LogP contribution is 2.34. The van der Waals surface area contributed by atoms with Gasteiger partial charge in [-0.15, -0.1) is 0 Å². The summed E-state index contributed by atoms with van der Waals surface area (Å²) in [5, 5.41) is 0. The minimum absolute atomic E-state index is 0.0353. The Kier molecular flexibility index (Phi) is 8.88. The number of hydrogen-bond donors (Lipinski definition) is 0. The van der Waals surface area contributed by atoms with E-state index in [9.17, 15) is 14.4 Å². The van der Waals surface area contributed by atoms with Crippen molar-refractivity contribution in [3.05, 3.63) is 0 Å². The molecule has 6 atom stereocenters. The molecule has 0 aromatic heterocycles. The molecule has 1 heterocycles. The van der Waals surface area contributed by atoms with Gasteiger partial charge in [0, 0.05) is 19.8 Å². The third-order valence-electron chi connectivity index (χ3n) is 4.58. The molecule has 1 aliphatic rings. The molecule has 0 aromatic rings. The van der Waals surface area contributed by atoms with E-state index >= 15 is 0 Å². The molecular weight excluding hydrogens is 368 g/mol. The first-order valence-electron chi connectivity index (χ1n) is 9.62. The normalized spacial score (nSPS) is 28.9. The van der Waals surface area contributed by atoms with Gasteiger partial charge >= 0.3 is 17.9 Å². The standard InChI is InChI=1S/C20H34O8/c1-11(18(23)28-20(6,7)8)9-25-19-17(26-15(5)22)13(3)12(2)16(27-19)10-24-14(4)21/h11-13,16-17,19H,9-10H2,1-8H3/t11?,12-,13-,16?,17?,19-/m0/s1. The molecule has 0 bridgehead atoms. The maximum atomic E-state index is 12.2. The molecule has 3 unspecified atom stereocenters. The summed E-state index contributed by atoms with van der Waals surface area (Å²) in [6, 6.07) is 0. The van der Waals surface area contributed by atoms with Gasteiger partial charge in [0.05, 0.1) is 18.6 Å². The van der Waals surface area contributed by atoms with Crippen LogP contribution in [0.25, 0.3) is 0 Å². The van der Waals surface area contributed by atoms with E-state index in [4.69, 9.17) is 23.7 Å². The Morgan fingerprint density at radius 1 is 1.04 bits per heavy atom. The smallest absolute Gasteiger partial charge is 0.311 e. The van der Waals surface area contributed by atoms with Crippen LogP contribution in [0.15, 0.2) is 0 Å². The molecule has 1 aliphatic heterocycles. The van der Waals surface area contributed by atoms with Gasteiger partial charge in [-0.2, -0.15) is 0 Å². The summed E-state index contributed by atoms with van der Waals surface area (Å²) in [7, 11) is 0. The van der Waals surface area contributed by atoms with Gasteiger partial charge in [-0.25, -0.2) is 0 Å². The van der Waals surface area contributed by atoms with Crippen molar-refractivity contribution in [2.24, 2.45) is 17.8 Å². The zero-order chi connectivity index (χ0) is 21.6.